The molecule has 1 aromatic carbocycles. The summed E-state index contributed by atoms with van der Waals surface area (Å²) in [5, 5.41) is 3.07. The molecule has 1 aliphatic carbocycles. The number of pyridine rings is 1. The predicted molar refractivity (Wildman–Crippen MR) is 107 cm³/mol. The number of alkyl halides is 1. The minimum Gasteiger partial charge on any atom is -0.496 e. The zero-order valence-electron chi connectivity index (χ0n) is 16.5. The number of nitrogens with one attached hydrogen (secondary N) is 1. The van der Waals surface area contributed by atoms with Gasteiger partial charge in [0.15, 0.2) is 0 Å². The second-order valence-corrected chi connectivity index (χ2v) is 7.95. The smallest absolute Gasteiger partial charge is 0.270 e. The Labute approximate surface area is 169 Å². The summed E-state index contributed by atoms with van der Waals surface area (Å²) in [6, 6.07) is 7.93. The lowest BCUT2D eigenvalue weighted by molar-refractivity contribution is 0.0926. The molecule has 0 spiro atoms. The molecular weight excluding hydrogens is 376 g/mol. The highest BCUT2D eigenvalue weighted by atomic mass is 19.1. The van der Waals surface area contributed by atoms with Crippen molar-refractivity contribution in [3.63, 3.8) is 0 Å². The molecule has 2 fully saturated rings. The SMILES string of the molecule is COc1ccc(F)cc1CC1(NC(=O)c2cc(N3CCC[C@@H](F)C3)ccn2)CC1. The summed E-state index contributed by atoms with van der Waals surface area (Å²) in [5.41, 5.74) is 1.43. The number of anilines is 1. The van der Waals surface area contributed by atoms with E-state index in [-0.39, 0.29) is 11.7 Å². The molecule has 5 nitrogen and oxygen atoms in total. The highest BCUT2D eigenvalue weighted by molar-refractivity contribution is 5.94. The summed E-state index contributed by atoms with van der Waals surface area (Å²) >= 11 is 0. The molecule has 1 aliphatic heterocycles. The lowest BCUT2D eigenvalue weighted by atomic mass is 10.0. The van der Waals surface area contributed by atoms with Crippen molar-refractivity contribution >= 4 is 11.6 Å². The van der Waals surface area contributed by atoms with Gasteiger partial charge in [0.2, 0.25) is 0 Å². The van der Waals surface area contributed by atoms with E-state index in [1.165, 1.54) is 12.1 Å². The molecule has 2 heterocycles. The zero-order chi connectivity index (χ0) is 20.4. The molecular formula is C22H25F2N3O2. The van der Waals surface area contributed by atoms with Crippen molar-refractivity contribution in [1.29, 1.82) is 0 Å². The standard InChI is InChI=1S/C22H25F2N3O2/c1-29-20-5-4-16(23)11-15(20)13-22(7-8-22)26-21(28)19-12-18(6-9-25-19)27-10-2-3-17(24)14-27/h4-6,9,11-12,17H,2-3,7-8,10,13-14H2,1H3,(H,26,28)/t17-/m1/s1. The van der Waals surface area contributed by atoms with Gasteiger partial charge in [0.25, 0.3) is 5.91 Å². The number of aromatic nitrogens is 1. The molecule has 1 amide bonds. The number of carbonyl (C=O) groups is 1. The van der Waals surface area contributed by atoms with Crippen molar-refractivity contribution in [1.82, 2.24) is 10.3 Å². The van der Waals surface area contributed by atoms with E-state index in [1.54, 1.807) is 31.5 Å². The van der Waals surface area contributed by atoms with Gasteiger partial charge in [-0.25, -0.2) is 8.78 Å². The summed E-state index contributed by atoms with van der Waals surface area (Å²) in [7, 11) is 1.55. The second-order valence-electron chi connectivity index (χ2n) is 7.95. The van der Waals surface area contributed by atoms with Gasteiger partial charge in [-0.15, -0.1) is 0 Å². The molecule has 2 aliphatic rings. The summed E-state index contributed by atoms with van der Waals surface area (Å²) < 4.78 is 32.7. The molecule has 29 heavy (non-hydrogen) atoms. The van der Waals surface area contributed by atoms with Crippen molar-refractivity contribution < 1.29 is 18.3 Å². The van der Waals surface area contributed by atoms with Gasteiger partial charge in [-0.05, 0) is 68.0 Å². The number of halogens is 2. The lowest BCUT2D eigenvalue weighted by Crippen LogP contribution is -2.39. The van der Waals surface area contributed by atoms with E-state index in [9.17, 15) is 13.6 Å². The molecule has 0 unspecified atom stereocenters. The molecule has 0 radical (unpaired) electrons. The van der Waals surface area contributed by atoms with Crippen LogP contribution in [0.4, 0.5) is 14.5 Å². The second kappa shape index (κ2) is 7.97. The van der Waals surface area contributed by atoms with E-state index < -0.39 is 11.7 Å². The van der Waals surface area contributed by atoms with Crippen LogP contribution in [0.5, 0.6) is 5.75 Å². The van der Waals surface area contributed by atoms with Gasteiger partial charge >= 0.3 is 0 Å². The van der Waals surface area contributed by atoms with Crippen LogP contribution < -0.4 is 15.0 Å². The third-order valence-corrected chi connectivity index (χ3v) is 5.71. The van der Waals surface area contributed by atoms with Crippen molar-refractivity contribution in [3.8, 4) is 5.75 Å². The van der Waals surface area contributed by atoms with Crippen molar-refractivity contribution in [3.05, 3.63) is 53.6 Å². The van der Waals surface area contributed by atoms with Crippen molar-refractivity contribution in [2.75, 3.05) is 25.1 Å². The van der Waals surface area contributed by atoms with Gasteiger partial charge < -0.3 is 15.0 Å². The predicted octanol–water partition coefficient (Wildman–Crippen LogP) is 3.67. The Morgan fingerprint density at radius 3 is 2.90 bits per heavy atom. The topological polar surface area (TPSA) is 54.5 Å². The van der Waals surface area contributed by atoms with Gasteiger partial charge in [-0.3, -0.25) is 9.78 Å². The molecule has 1 saturated carbocycles. The van der Waals surface area contributed by atoms with Crippen LogP contribution in [-0.4, -0.2) is 42.8 Å². The Morgan fingerprint density at radius 1 is 1.34 bits per heavy atom. The first-order valence-corrected chi connectivity index (χ1v) is 9.98. The maximum atomic E-state index is 13.7. The van der Waals surface area contributed by atoms with Gasteiger partial charge in [0.1, 0.15) is 23.4 Å². The summed E-state index contributed by atoms with van der Waals surface area (Å²) in [4.78, 5) is 19.0. The van der Waals surface area contributed by atoms with Crippen LogP contribution in [0.15, 0.2) is 36.5 Å². The quantitative estimate of drug-likeness (QED) is 0.803. The normalized spacial score (nSPS) is 20.2. The first kappa shape index (κ1) is 19.6. The summed E-state index contributed by atoms with van der Waals surface area (Å²) in [5.74, 6) is 0.0106. The minimum atomic E-state index is -0.842. The number of hydrogen-bond acceptors (Lipinski definition) is 4. The van der Waals surface area contributed by atoms with Crippen molar-refractivity contribution in [2.45, 2.75) is 43.8 Å². The number of rotatable bonds is 6. The van der Waals surface area contributed by atoms with E-state index in [1.807, 2.05) is 4.90 Å². The zero-order valence-corrected chi connectivity index (χ0v) is 16.5. The molecule has 154 valence electrons. The van der Waals surface area contributed by atoms with Crippen LogP contribution in [0.2, 0.25) is 0 Å². The number of benzene rings is 1. The molecule has 7 heteroatoms. The average molecular weight is 401 g/mol. The van der Waals surface area contributed by atoms with E-state index in [0.717, 1.165) is 37.1 Å². The van der Waals surface area contributed by atoms with Gasteiger partial charge in [-0.1, -0.05) is 0 Å². The molecule has 0 bridgehead atoms. The Bertz CT molecular complexity index is 901. The van der Waals surface area contributed by atoms with Crippen LogP contribution >= 0.6 is 0 Å². The Morgan fingerprint density at radius 2 is 2.17 bits per heavy atom. The Kier molecular flexibility index (Phi) is 5.39. The summed E-state index contributed by atoms with van der Waals surface area (Å²) in [6.45, 7) is 1.11. The Balaban J connectivity index is 1.47. The fourth-order valence-corrected chi connectivity index (χ4v) is 3.95. The van der Waals surface area contributed by atoms with E-state index >= 15 is 0 Å². The minimum absolute atomic E-state index is 0.270. The number of methoxy groups -OCH3 is 1. The monoisotopic (exact) mass is 401 g/mol. The fraction of sp³-hybridized carbons (Fsp3) is 0.455. The largest absolute Gasteiger partial charge is 0.496 e. The number of nitrogens with zero attached hydrogens (tertiary/aromatic N) is 2. The van der Waals surface area contributed by atoms with E-state index in [0.29, 0.717) is 30.8 Å². The fourth-order valence-electron chi connectivity index (χ4n) is 3.95. The van der Waals surface area contributed by atoms with Crippen LogP contribution in [0.1, 0.15) is 41.7 Å². The van der Waals surface area contributed by atoms with E-state index in [4.69, 9.17) is 4.74 Å². The highest BCUT2D eigenvalue weighted by Gasteiger charge is 2.45. The van der Waals surface area contributed by atoms with Crippen LogP contribution in [-0.2, 0) is 6.42 Å². The molecule has 1 N–H and O–H groups in total. The molecule has 4 rings (SSSR count). The number of ether oxygens (including phenoxy) is 1. The van der Waals surface area contributed by atoms with Crippen LogP contribution in [0.25, 0.3) is 0 Å². The maximum absolute atomic E-state index is 13.7. The maximum Gasteiger partial charge on any atom is 0.270 e. The number of amides is 1. The highest BCUT2D eigenvalue weighted by Crippen LogP contribution is 2.41. The van der Waals surface area contributed by atoms with Crippen LogP contribution in [0, 0.1) is 5.82 Å². The molecule has 1 saturated heterocycles. The first-order valence-electron chi connectivity index (χ1n) is 9.98. The third-order valence-electron chi connectivity index (χ3n) is 5.71. The van der Waals surface area contributed by atoms with Gasteiger partial charge in [0.05, 0.1) is 7.11 Å². The van der Waals surface area contributed by atoms with E-state index in [2.05, 4.69) is 10.3 Å². The molecule has 1 aromatic heterocycles. The number of hydrogen-bond donors (Lipinski definition) is 1. The molecule has 2 aromatic rings. The lowest BCUT2D eigenvalue weighted by Gasteiger charge is -2.31. The third kappa shape index (κ3) is 4.49. The van der Waals surface area contributed by atoms with Crippen LogP contribution in [0.3, 0.4) is 0 Å². The average Bonchev–Trinajstić information content (AvgIpc) is 3.47. The first-order chi connectivity index (χ1) is 14.0. The number of piperidine rings is 1. The van der Waals surface area contributed by atoms with Crippen molar-refractivity contribution in [2.24, 2.45) is 0 Å². The Hall–Kier alpha value is -2.70. The van der Waals surface area contributed by atoms with Gasteiger partial charge in [0, 0.05) is 30.5 Å². The molecule has 1 atom stereocenters. The number of carbonyl (C=O) groups excluding carboxylic acids is 1. The van der Waals surface area contributed by atoms with Gasteiger partial charge in [-0.2, -0.15) is 0 Å². The summed E-state index contributed by atoms with van der Waals surface area (Å²) in [6.07, 6.45) is 4.24.